The summed E-state index contributed by atoms with van der Waals surface area (Å²) in [5.74, 6) is 1.24. The monoisotopic (exact) mass is 287 g/mol. The highest BCUT2D eigenvalue weighted by molar-refractivity contribution is 5.93. The number of carbonyl (C=O) groups is 1. The summed E-state index contributed by atoms with van der Waals surface area (Å²) < 4.78 is 15.8. The predicted octanol–water partition coefficient (Wildman–Crippen LogP) is 3.25. The van der Waals surface area contributed by atoms with Gasteiger partial charge in [-0.15, -0.1) is 0 Å². The van der Waals surface area contributed by atoms with Crippen LogP contribution in [0.1, 0.15) is 17.3 Å². The molecule has 0 aliphatic rings. The highest BCUT2D eigenvalue weighted by Gasteiger charge is 2.14. The fraction of sp³-hybridized carbons (Fsp3) is 0.188. The number of nitrogens with two attached hydrogens (primary N) is 1. The van der Waals surface area contributed by atoms with Gasteiger partial charge in [0.15, 0.2) is 0 Å². The van der Waals surface area contributed by atoms with Gasteiger partial charge in [0.25, 0.3) is 0 Å². The Balaban J connectivity index is 2.24. The van der Waals surface area contributed by atoms with Crippen molar-refractivity contribution in [3.63, 3.8) is 0 Å². The van der Waals surface area contributed by atoms with Crippen LogP contribution in [0.5, 0.6) is 17.2 Å². The molecule has 0 aliphatic heterocycles. The summed E-state index contributed by atoms with van der Waals surface area (Å²) in [5, 5.41) is 0. The number of carbonyl (C=O) groups excluding carboxylic acids is 1. The second-order valence-electron chi connectivity index (χ2n) is 4.25. The Bertz CT molecular complexity index is 623. The molecular weight excluding hydrogens is 270 g/mol. The highest BCUT2D eigenvalue weighted by atomic mass is 16.5. The van der Waals surface area contributed by atoms with Crippen molar-refractivity contribution in [3.05, 3.63) is 48.0 Å². The van der Waals surface area contributed by atoms with Crippen molar-refractivity contribution in [2.45, 2.75) is 6.92 Å². The van der Waals surface area contributed by atoms with Gasteiger partial charge >= 0.3 is 5.97 Å². The second-order valence-corrected chi connectivity index (χ2v) is 4.25. The lowest BCUT2D eigenvalue weighted by Gasteiger charge is -2.11. The van der Waals surface area contributed by atoms with E-state index in [0.29, 0.717) is 23.8 Å². The summed E-state index contributed by atoms with van der Waals surface area (Å²) in [7, 11) is 1.31. The van der Waals surface area contributed by atoms with Gasteiger partial charge < -0.3 is 19.9 Å². The van der Waals surface area contributed by atoms with E-state index in [-0.39, 0.29) is 5.56 Å². The van der Waals surface area contributed by atoms with Gasteiger partial charge in [0.2, 0.25) is 0 Å². The maximum atomic E-state index is 11.7. The first-order chi connectivity index (χ1) is 10.1. The van der Waals surface area contributed by atoms with E-state index < -0.39 is 5.97 Å². The highest BCUT2D eigenvalue weighted by Crippen LogP contribution is 2.28. The van der Waals surface area contributed by atoms with Crippen molar-refractivity contribution >= 4 is 11.7 Å². The largest absolute Gasteiger partial charge is 0.494 e. The van der Waals surface area contributed by atoms with Crippen LogP contribution in [0.3, 0.4) is 0 Å². The van der Waals surface area contributed by atoms with Crippen molar-refractivity contribution in [1.29, 1.82) is 0 Å². The van der Waals surface area contributed by atoms with Crippen molar-refractivity contribution in [2.24, 2.45) is 0 Å². The Morgan fingerprint density at radius 1 is 1.10 bits per heavy atom. The smallest absolute Gasteiger partial charge is 0.341 e. The third-order valence-corrected chi connectivity index (χ3v) is 2.77. The molecule has 110 valence electrons. The second kappa shape index (κ2) is 6.65. The van der Waals surface area contributed by atoms with Crippen LogP contribution >= 0.6 is 0 Å². The SMILES string of the molecule is CCOc1ccc(Oc2ccc(N)cc2C(=O)OC)cc1. The molecular formula is C16H17NO4. The fourth-order valence-electron chi connectivity index (χ4n) is 1.80. The number of methoxy groups -OCH3 is 1. The Morgan fingerprint density at radius 2 is 1.76 bits per heavy atom. The van der Waals surface area contributed by atoms with E-state index in [1.54, 1.807) is 36.4 Å². The molecule has 2 rings (SSSR count). The maximum absolute atomic E-state index is 11.7. The zero-order chi connectivity index (χ0) is 15.2. The van der Waals surface area contributed by atoms with Crippen molar-refractivity contribution in [1.82, 2.24) is 0 Å². The average Bonchev–Trinajstić information content (AvgIpc) is 2.50. The standard InChI is InChI=1S/C16H17NO4/c1-3-20-12-5-7-13(8-6-12)21-15-9-4-11(17)10-14(15)16(18)19-2/h4-10H,3,17H2,1-2H3. The Labute approximate surface area is 123 Å². The van der Waals surface area contributed by atoms with Crippen molar-refractivity contribution < 1.29 is 19.0 Å². The van der Waals surface area contributed by atoms with Crippen LogP contribution < -0.4 is 15.2 Å². The van der Waals surface area contributed by atoms with E-state index in [1.807, 2.05) is 6.92 Å². The molecule has 5 nitrogen and oxygen atoms in total. The number of hydrogen-bond acceptors (Lipinski definition) is 5. The molecule has 0 radical (unpaired) electrons. The summed E-state index contributed by atoms with van der Waals surface area (Å²) in [4.78, 5) is 11.7. The van der Waals surface area contributed by atoms with E-state index >= 15 is 0 Å². The molecule has 5 heteroatoms. The van der Waals surface area contributed by atoms with E-state index in [0.717, 1.165) is 5.75 Å². The van der Waals surface area contributed by atoms with E-state index in [9.17, 15) is 4.79 Å². The summed E-state index contributed by atoms with van der Waals surface area (Å²) in [6.07, 6.45) is 0. The first kappa shape index (κ1) is 14.7. The predicted molar refractivity (Wildman–Crippen MR) is 79.9 cm³/mol. The lowest BCUT2D eigenvalue weighted by atomic mass is 10.2. The molecule has 0 unspecified atom stereocenters. The molecule has 2 N–H and O–H groups in total. The quantitative estimate of drug-likeness (QED) is 0.675. The van der Waals surface area contributed by atoms with Crippen LogP contribution in [0, 0.1) is 0 Å². The van der Waals surface area contributed by atoms with Crippen LogP contribution in [-0.2, 0) is 4.74 Å². The molecule has 2 aromatic carbocycles. The van der Waals surface area contributed by atoms with E-state index in [4.69, 9.17) is 19.9 Å². The number of rotatable bonds is 5. The summed E-state index contributed by atoms with van der Waals surface area (Å²) in [6.45, 7) is 2.52. The first-order valence-electron chi connectivity index (χ1n) is 6.52. The molecule has 0 heterocycles. The number of esters is 1. The topological polar surface area (TPSA) is 70.8 Å². The molecule has 0 bridgehead atoms. The average molecular weight is 287 g/mol. The van der Waals surface area contributed by atoms with E-state index in [2.05, 4.69) is 0 Å². The van der Waals surface area contributed by atoms with Crippen LogP contribution in [0.25, 0.3) is 0 Å². The molecule has 0 amide bonds. The van der Waals surface area contributed by atoms with Gasteiger partial charge in [0.05, 0.1) is 13.7 Å². The Hall–Kier alpha value is -2.69. The number of ether oxygens (including phenoxy) is 3. The molecule has 0 spiro atoms. The molecule has 0 atom stereocenters. The maximum Gasteiger partial charge on any atom is 0.341 e. The third kappa shape index (κ3) is 3.66. The fourth-order valence-corrected chi connectivity index (χ4v) is 1.80. The first-order valence-corrected chi connectivity index (χ1v) is 6.52. The van der Waals surface area contributed by atoms with Crippen molar-refractivity contribution in [2.75, 3.05) is 19.5 Å². The zero-order valence-electron chi connectivity index (χ0n) is 12.0. The van der Waals surface area contributed by atoms with Gasteiger partial charge in [-0.2, -0.15) is 0 Å². The third-order valence-electron chi connectivity index (χ3n) is 2.77. The number of benzene rings is 2. The Morgan fingerprint density at radius 3 is 2.38 bits per heavy atom. The van der Waals surface area contributed by atoms with E-state index in [1.165, 1.54) is 13.2 Å². The van der Waals surface area contributed by atoms with Gasteiger partial charge in [-0.3, -0.25) is 0 Å². The van der Waals surface area contributed by atoms with Crippen LogP contribution in [0.4, 0.5) is 5.69 Å². The zero-order valence-corrected chi connectivity index (χ0v) is 12.0. The number of hydrogen-bond donors (Lipinski definition) is 1. The lowest BCUT2D eigenvalue weighted by molar-refractivity contribution is 0.0598. The summed E-state index contributed by atoms with van der Waals surface area (Å²) in [5.41, 5.74) is 6.44. The van der Waals surface area contributed by atoms with Gasteiger partial charge in [0, 0.05) is 5.69 Å². The normalized spacial score (nSPS) is 10.0. The molecule has 0 fully saturated rings. The molecule has 21 heavy (non-hydrogen) atoms. The molecule has 0 saturated carbocycles. The summed E-state index contributed by atoms with van der Waals surface area (Å²) in [6, 6.07) is 12.0. The number of anilines is 1. The molecule has 0 aromatic heterocycles. The minimum atomic E-state index is -0.497. The van der Waals surface area contributed by atoms with Gasteiger partial charge in [0.1, 0.15) is 22.8 Å². The Kier molecular flexibility index (Phi) is 4.66. The van der Waals surface area contributed by atoms with Crippen LogP contribution in [0.2, 0.25) is 0 Å². The van der Waals surface area contributed by atoms with Gasteiger partial charge in [-0.1, -0.05) is 0 Å². The number of nitrogen functional groups attached to an aromatic ring is 1. The molecule has 0 aliphatic carbocycles. The minimum absolute atomic E-state index is 0.284. The van der Waals surface area contributed by atoms with Crippen LogP contribution in [0.15, 0.2) is 42.5 Å². The summed E-state index contributed by atoms with van der Waals surface area (Å²) >= 11 is 0. The minimum Gasteiger partial charge on any atom is -0.494 e. The lowest BCUT2D eigenvalue weighted by Crippen LogP contribution is -2.04. The molecule has 2 aromatic rings. The van der Waals surface area contributed by atoms with Crippen molar-refractivity contribution in [3.8, 4) is 17.2 Å². The van der Waals surface area contributed by atoms with Gasteiger partial charge in [-0.05, 0) is 49.4 Å². The van der Waals surface area contributed by atoms with Gasteiger partial charge in [-0.25, -0.2) is 4.79 Å². The molecule has 0 saturated heterocycles. The van der Waals surface area contributed by atoms with Crippen LogP contribution in [-0.4, -0.2) is 19.7 Å².